The van der Waals surface area contributed by atoms with E-state index < -0.39 is 18.0 Å². The average Bonchev–Trinajstić information content (AvgIpc) is 2.62. The van der Waals surface area contributed by atoms with E-state index in [0.29, 0.717) is 17.8 Å². The van der Waals surface area contributed by atoms with Crippen molar-refractivity contribution < 1.29 is 14.7 Å². The fraction of sp³-hybridized carbons (Fsp3) is 0.583. The van der Waals surface area contributed by atoms with Gasteiger partial charge < -0.3 is 15.7 Å². The first-order valence-corrected chi connectivity index (χ1v) is 6.24. The van der Waals surface area contributed by atoms with Crippen LogP contribution in [0.15, 0.2) is 6.20 Å². The summed E-state index contributed by atoms with van der Waals surface area (Å²) in [6, 6.07) is -1.39. The van der Waals surface area contributed by atoms with Crippen molar-refractivity contribution in [2.45, 2.75) is 39.2 Å². The molecule has 0 spiro atoms. The van der Waals surface area contributed by atoms with Gasteiger partial charge in [-0.1, -0.05) is 19.8 Å². The summed E-state index contributed by atoms with van der Waals surface area (Å²) < 4.78 is 1.58. The third-order valence-electron chi connectivity index (χ3n) is 2.71. The molecule has 0 saturated carbocycles. The third-order valence-corrected chi connectivity index (χ3v) is 2.71. The number of nitrogens with one attached hydrogen (secondary N) is 2. The molecule has 3 N–H and O–H groups in total. The molecular weight excluding hydrogens is 248 g/mol. The Kier molecular flexibility index (Phi) is 5.35. The van der Waals surface area contributed by atoms with Gasteiger partial charge in [0.2, 0.25) is 0 Å². The van der Waals surface area contributed by atoms with Crippen LogP contribution < -0.4 is 10.6 Å². The van der Waals surface area contributed by atoms with Crippen molar-refractivity contribution in [3.05, 3.63) is 11.9 Å². The Morgan fingerprint density at radius 3 is 2.68 bits per heavy atom. The van der Waals surface area contributed by atoms with Crippen LogP contribution in [0.4, 0.5) is 10.5 Å². The Hall–Kier alpha value is -2.05. The van der Waals surface area contributed by atoms with E-state index in [1.807, 2.05) is 6.92 Å². The molecule has 0 radical (unpaired) electrons. The van der Waals surface area contributed by atoms with Crippen molar-refractivity contribution in [1.82, 2.24) is 15.1 Å². The minimum atomic E-state index is -1.02. The largest absolute Gasteiger partial charge is 0.480 e. The van der Waals surface area contributed by atoms with E-state index in [1.54, 1.807) is 24.9 Å². The summed E-state index contributed by atoms with van der Waals surface area (Å²) in [7, 11) is 1.75. The fourth-order valence-corrected chi connectivity index (χ4v) is 1.70. The second-order valence-corrected chi connectivity index (χ2v) is 4.43. The summed E-state index contributed by atoms with van der Waals surface area (Å²) in [5.74, 6) is -1.02. The maximum atomic E-state index is 11.7. The summed E-state index contributed by atoms with van der Waals surface area (Å²) in [6.07, 6.45) is 3.72. The van der Waals surface area contributed by atoms with Gasteiger partial charge in [-0.25, -0.2) is 9.59 Å². The molecule has 0 aliphatic heterocycles. The van der Waals surface area contributed by atoms with Gasteiger partial charge in [-0.05, 0) is 13.3 Å². The molecule has 1 atom stereocenters. The summed E-state index contributed by atoms with van der Waals surface area (Å²) in [4.78, 5) is 22.7. The molecule has 0 aliphatic carbocycles. The van der Waals surface area contributed by atoms with E-state index in [9.17, 15) is 9.59 Å². The van der Waals surface area contributed by atoms with Crippen molar-refractivity contribution in [3.63, 3.8) is 0 Å². The molecule has 0 saturated heterocycles. The fourth-order valence-electron chi connectivity index (χ4n) is 1.70. The number of urea groups is 1. The number of anilines is 1. The van der Waals surface area contributed by atoms with Crippen LogP contribution in [-0.4, -0.2) is 32.9 Å². The van der Waals surface area contributed by atoms with E-state index in [-0.39, 0.29) is 0 Å². The molecule has 0 aromatic carbocycles. The van der Waals surface area contributed by atoms with Crippen LogP contribution in [0.1, 0.15) is 31.9 Å². The lowest BCUT2D eigenvalue weighted by Gasteiger charge is -2.14. The van der Waals surface area contributed by atoms with Gasteiger partial charge in [0.25, 0.3) is 0 Å². The highest BCUT2D eigenvalue weighted by Crippen LogP contribution is 2.11. The Bertz CT molecular complexity index is 456. The lowest BCUT2D eigenvalue weighted by molar-refractivity contribution is -0.139. The van der Waals surface area contributed by atoms with Gasteiger partial charge in [-0.15, -0.1) is 0 Å². The Morgan fingerprint density at radius 1 is 1.53 bits per heavy atom. The predicted octanol–water partition coefficient (Wildman–Crippen LogP) is 1.49. The smallest absolute Gasteiger partial charge is 0.326 e. The normalized spacial score (nSPS) is 11.9. The van der Waals surface area contributed by atoms with Crippen molar-refractivity contribution in [3.8, 4) is 0 Å². The average molecular weight is 268 g/mol. The number of aryl methyl sites for hydroxylation is 2. The van der Waals surface area contributed by atoms with Crippen LogP contribution in [0.2, 0.25) is 0 Å². The number of unbranched alkanes of at least 4 members (excludes halogenated alkanes) is 1. The van der Waals surface area contributed by atoms with Crippen molar-refractivity contribution >= 4 is 17.7 Å². The lowest BCUT2D eigenvalue weighted by atomic mass is 10.1. The highest BCUT2D eigenvalue weighted by atomic mass is 16.4. The van der Waals surface area contributed by atoms with Gasteiger partial charge in [0.1, 0.15) is 6.04 Å². The molecule has 0 unspecified atom stereocenters. The molecule has 2 amide bonds. The van der Waals surface area contributed by atoms with Gasteiger partial charge in [-0.2, -0.15) is 5.10 Å². The SMILES string of the molecule is CCCC[C@H](NC(=O)Nc1cn(C)nc1C)C(=O)O. The van der Waals surface area contributed by atoms with Crippen LogP contribution in [0.25, 0.3) is 0 Å². The zero-order valence-electron chi connectivity index (χ0n) is 11.4. The van der Waals surface area contributed by atoms with Crippen LogP contribution in [0.3, 0.4) is 0 Å². The first kappa shape index (κ1) is 15.0. The van der Waals surface area contributed by atoms with Gasteiger partial charge in [0, 0.05) is 13.2 Å². The molecule has 1 heterocycles. The monoisotopic (exact) mass is 268 g/mol. The number of nitrogens with zero attached hydrogens (tertiary/aromatic N) is 2. The maximum absolute atomic E-state index is 11.7. The van der Waals surface area contributed by atoms with Crippen LogP contribution in [0, 0.1) is 6.92 Å². The summed E-state index contributed by atoms with van der Waals surface area (Å²) in [5, 5.41) is 18.1. The number of carbonyl (C=O) groups excluding carboxylic acids is 1. The number of amides is 2. The summed E-state index contributed by atoms with van der Waals surface area (Å²) in [5.41, 5.74) is 1.25. The molecule has 0 bridgehead atoms. The molecule has 1 rings (SSSR count). The summed E-state index contributed by atoms with van der Waals surface area (Å²) >= 11 is 0. The molecule has 1 aromatic rings. The van der Waals surface area contributed by atoms with E-state index in [2.05, 4.69) is 15.7 Å². The second-order valence-electron chi connectivity index (χ2n) is 4.43. The van der Waals surface area contributed by atoms with Crippen LogP contribution in [0.5, 0.6) is 0 Å². The minimum Gasteiger partial charge on any atom is -0.480 e. The molecule has 1 aromatic heterocycles. The van der Waals surface area contributed by atoms with Crippen molar-refractivity contribution in [2.75, 3.05) is 5.32 Å². The van der Waals surface area contributed by atoms with E-state index >= 15 is 0 Å². The number of aliphatic carboxylic acids is 1. The zero-order chi connectivity index (χ0) is 14.4. The van der Waals surface area contributed by atoms with Gasteiger partial charge in [0.15, 0.2) is 0 Å². The highest BCUT2D eigenvalue weighted by Gasteiger charge is 2.19. The maximum Gasteiger partial charge on any atom is 0.326 e. The molecule has 106 valence electrons. The van der Waals surface area contributed by atoms with E-state index in [4.69, 9.17) is 5.11 Å². The Labute approximate surface area is 112 Å². The van der Waals surface area contributed by atoms with Gasteiger partial charge in [0.05, 0.1) is 11.4 Å². The standard InChI is InChI=1S/C12H20N4O3/c1-4-5-6-9(11(17)18)13-12(19)14-10-7-16(3)15-8(10)2/h7,9H,4-6H2,1-3H3,(H,17,18)(H2,13,14,19)/t9-/m0/s1. The zero-order valence-corrected chi connectivity index (χ0v) is 11.4. The molecule has 7 nitrogen and oxygen atoms in total. The lowest BCUT2D eigenvalue weighted by Crippen LogP contribution is -2.43. The second kappa shape index (κ2) is 6.77. The third kappa shape index (κ3) is 4.61. The first-order valence-electron chi connectivity index (χ1n) is 6.24. The quantitative estimate of drug-likeness (QED) is 0.728. The van der Waals surface area contributed by atoms with E-state index in [0.717, 1.165) is 12.8 Å². The van der Waals surface area contributed by atoms with Crippen molar-refractivity contribution in [2.24, 2.45) is 7.05 Å². The number of aromatic nitrogens is 2. The van der Waals surface area contributed by atoms with Gasteiger partial charge >= 0.3 is 12.0 Å². The van der Waals surface area contributed by atoms with Gasteiger partial charge in [-0.3, -0.25) is 4.68 Å². The van der Waals surface area contributed by atoms with Crippen LogP contribution in [-0.2, 0) is 11.8 Å². The highest BCUT2D eigenvalue weighted by molar-refractivity contribution is 5.92. The number of hydrogen-bond acceptors (Lipinski definition) is 3. The Balaban J connectivity index is 2.57. The number of rotatable bonds is 6. The number of carboxylic acids is 1. The first-order chi connectivity index (χ1) is 8.93. The number of hydrogen-bond donors (Lipinski definition) is 3. The predicted molar refractivity (Wildman–Crippen MR) is 71.0 cm³/mol. The molecular formula is C12H20N4O3. The number of carboxylic acid groups (broad SMARTS) is 1. The van der Waals surface area contributed by atoms with E-state index in [1.165, 1.54) is 0 Å². The summed E-state index contributed by atoms with van der Waals surface area (Å²) in [6.45, 7) is 3.74. The topological polar surface area (TPSA) is 96.3 Å². The Morgan fingerprint density at radius 2 is 2.21 bits per heavy atom. The number of carbonyl (C=O) groups is 2. The molecule has 7 heteroatoms. The molecule has 19 heavy (non-hydrogen) atoms. The molecule has 0 fully saturated rings. The minimum absolute atomic E-state index is 0.422. The van der Waals surface area contributed by atoms with Crippen LogP contribution >= 0.6 is 0 Å². The van der Waals surface area contributed by atoms with Crippen molar-refractivity contribution in [1.29, 1.82) is 0 Å². The molecule has 0 aliphatic rings.